The summed E-state index contributed by atoms with van der Waals surface area (Å²) >= 11 is 0. The molecular formula is C17H24N2O2. The molecule has 1 aromatic rings. The van der Waals surface area contributed by atoms with Crippen LogP contribution in [-0.2, 0) is 16.1 Å². The lowest BCUT2D eigenvalue weighted by Gasteiger charge is -2.26. The molecule has 1 aliphatic rings. The summed E-state index contributed by atoms with van der Waals surface area (Å²) in [6, 6.07) is 9.80. The molecule has 0 saturated carbocycles. The van der Waals surface area contributed by atoms with E-state index in [0.29, 0.717) is 6.54 Å². The summed E-state index contributed by atoms with van der Waals surface area (Å²) < 4.78 is 0. The van der Waals surface area contributed by atoms with E-state index < -0.39 is 0 Å². The molecule has 0 aromatic heterocycles. The fourth-order valence-electron chi connectivity index (χ4n) is 2.67. The Labute approximate surface area is 126 Å². The van der Waals surface area contributed by atoms with E-state index in [9.17, 15) is 9.59 Å². The van der Waals surface area contributed by atoms with E-state index in [1.807, 2.05) is 35.2 Å². The molecule has 2 rings (SSSR count). The highest BCUT2D eigenvalue weighted by Crippen LogP contribution is 2.11. The summed E-state index contributed by atoms with van der Waals surface area (Å²) in [5.74, 6) is 0.0186. The predicted molar refractivity (Wildman–Crippen MR) is 82.6 cm³/mol. The molecule has 0 spiro atoms. The summed E-state index contributed by atoms with van der Waals surface area (Å²) in [6.07, 6.45) is 4.55. The number of benzene rings is 1. The molecule has 114 valence electrons. The molecule has 0 bridgehead atoms. The molecule has 0 aliphatic carbocycles. The Bertz CT molecular complexity index is 465. The van der Waals surface area contributed by atoms with Crippen molar-refractivity contribution in [2.24, 2.45) is 0 Å². The number of hydrogen-bond donors (Lipinski definition) is 0. The molecule has 0 atom stereocenters. The maximum Gasteiger partial charge on any atom is 0.242 e. The lowest BCUT2D eigenvalue weighted by molar-refractivity contribution is -0.139. The molecule has 0 N–H and O–H groups in total. The summed E-state index contributed by atoms with van der Waals surface area (Å²) in [6.45, 7) is 3.87. The molecule has 1 saturated heterocycles. The second kappa shape index (κ2) is 7.81. The van der Waals surface area contributed by atoms with Crippen LogP contribution in [0, 0.1) is 0 Å². The van der Waals surface area contributed by atoms with Gasteiger partial charge in [-0.15, -0.1) is 0 Å². The lowest BCUT2D eigenvalue weighted by atomic mass is 10.2. The molecule has 0 unspecified atom stereocenters. The van der Waals surface area contributed by atoms with E-state index in [1.54, 1.807) is 4.90 Å². The number of rotatable bonds is 4. The van der Waals surface area contributed by atoms with Crippen molar-refractivity contribution in [3.8, 4) is 0 Å². The van der Waals surface area contributed by atoms with Gasteiger partial charge in [-0.2, -0.15) is 0 Å². The number of amides is 2. The fourth-order valence-corrected chi connectivity index (χ4v) is 2.67. The van der Waals surface area contributed by atoms with Crippen LogP contribution in [0.1, 0.15) is 38.2 Å². The van der Waals surface area contributed by atoms with Gasteiger partial charge in [0.25, 0.3) is 0 Å². The Morgan fingerprint density at radius 1 is 1.05 bits per heavy atom. The predicted octanol–water partition coefficient (Wildman–Crippen LogP) is 2.44. The zero-order valence-corrected chi connectivity index (χ0v) is 12.8. The van der Waals surface area contributed by atoms with E-state index in [2.05, 4.69) is 0 Å². The van der Waals surface area contributed by atoms with Crippen molar-refractivity contribution in [1.29, 1.82) is 0 Å². The SMILES string of the molecule is CC(=O)N(CC(=O)N1CCCCCC1)Cc1ccccc1. The van der Waals surface area contributed by atoms with Crippen LogP contribution in [0.3, 0.4) is 0 Å². The first-order valence-corrected chi connectivity index (χ1v) is 7.74. The number of carbonyl (C=O) groups is 2. The molecule has 21 heavy (non-hydrogen) atoms. The normalized spacial score (nSPS) is 15.4. The van der Waals surface area contributed by atoms with Crippen LogP contribution >= 0.6 is 0 Å². The van der Waals surface area contributed by atoms with E-state index in [0.717, 1.165) is 31.5 Å². The average Bonchev–Trinajstić information content (AvgIpc) is 2.76. The average molecular weight is 288 g/mol. The number of likely N-dealkylation sites (tertiary alicyclic amines) is 1. The summed E-state index contributed by atoms with van der Waals surface area (Å²) in [7, 11) is 0. The minimum absolute atomic E-state index is 0.0537. The van der Waals surface area contributed by atoms with Gasteiger partial charge in [-0.25, -0.2) is 0 Å². The lowest BCUT2D eigenvalue weighted by Crippen LogP contribution is -2.42. The third kappa shape index (κ3) is 4.88. The van der Waals surface area contributed by atoms with Crippen molar-refractivity contribution in [3.05, 3.63) is 35.9 Å². The molecule has 4 nitrogen and oxygen atoms in total. The number of carbonyl (C=O) groups excluding carboxylic acids is 2. The highest BCUT2D eigenvalue weighted by Gasteiger charge is 2.20. The number of hydrogen-bond acceptors (Lipinski definition) is 2. The first-order chi connectivity index (χ1) is 10.2. The van der Waals surface area contributed by atoms with Crippen LogP contribution in [-0.4, -0.2) is 41.2 Å². The third-order valence-corrected chi connectivity index (χ3v) is 3.95. The van der Waals surface area contributed by atoms with Crippen LogP contribution in [0.4, 0.5) is 0 Å². The van der Waals surface area contributed by atoms with Gasteiger partial charge in [-0.05, 0) is 18.4 Å². The molecule has 0 radical (unpaired) electrons. The second-order valence-electron chi connectivity index (χ2n) is 5.66. The van der Waals surface area contributed by atoms with Crippen LogP contribution < -0.4 is 0 Å². The zero-order chi connectivity index (χ0) is 15.1. The minimum Gasteiger partial charge on any atom is -0.341 e. The smallest absolute Gasteiger partial charge is 0.242 e. The molecule has 1 aliphatic heterocycles. The topological polar surface area (TPSA) is 40.6 Å². The fraction of sp³-hybridized carbons (Fsp3) is 0.529. The molecule has 1 aromatic carbocycles. The van der Waals surface area contributed by atoms with Crippen molar-refractivity contribution in [2.75, 3.05) is 19.6 Å². The monoisotopic (exact) mass is 288 g/mol. The third-order valence-electron chi connectivity index (χ3n) is 3.95. The Balaban J connectivity index is 1.95. The highest BCUT2D eigenvalue weighted by atomic mass is 16.2. The van der Waals surface area contributed by atoms with Gasteiger partial charge >= 0.3 is 0 Å². The largest absolute Gasteiger partial charge is 0.341 e. The van der Waals surface area contributed by atoms with Crippen LogP contribution in [0.15, 0.2) is 30.3 Å². The van der Waals surface area contributed by atoms with E-state index in [-0.39, 0.29) is 18.4 Å². The maximum atomic E-state index is 12.4. The second-order valence-corrected chi connectivity index (χ2v) is 5.66. The molecular weight excluding hydrogens is 264 g/mol. The van der Waals surface area contributed by atoms with Crippen molar-refractivity contribution < 1.29 is 9.59 Å². The van der Waals surface area contributed by atoms with Gasteiger partial charge in [0.05, 0.1) is 0 Å². The highest BCUT2D eigenvalue weighted by molar-refractivity contribution is 5.83. The van der Waals surface area contributed by atoms with Crippen molar-refractivity contribution in [3.63, 3.8) is 0 Å². The summed E-state index contributed by atoms with van der Waals surface area (Å²) in [5, 5.41) is 0. The molecule has 4 heteroatoms. The molecule has 1 heterocycles. The molecule has 1 fully saturated rings. The minimum atomic E-state index is -0.0537. The van der Waals surface area contributed by atoms with Crippen molar-refractivity contribution >= 4 is 11.8 Å². The van der Waals surface area contributed by atoms with Crippen molar-refractivity contribution in [2.45, 2.75) is 39.2 Å². The molecule has 2 amide bonds. The summed E-state index contributed by atoms with van der Waals surface area (Å²) in [4.78, 5) is 27.7. The van der Waals surface area contributed by atoms with Crippen LogP contribution in [0.5, 0.6) is 0 Å². The van der Waals surface area contributed by atoms with Crippen LogP contribution in [0.2, 0.25) is 0 Å². The van der Waals surface area contributed by atoms with Gasteiger partial charge in [0, 0.05) is 26.6 Å². The Kier molecular flexibility index (Phi) is 5.78. The van der Waals surface area contributed by atoms with Gasteiger partial charge in [-0.1, -0.05) is 43.2 Å². The number of nitrogens with zero attached hydrogens (tertiary/aromatic N) is 2. The van der Waals surface area contributed by atoms with Gasteiger partial charge in [0.2, 0.25) is 11.8 Å². The Morgan fingerprint density at radius 3 is 2.24 bits per heavy atom. The van der Waals surface area contributed by atoms with Crippen molar-refractivity contribution in [1.82, 2.24) is 9.80 Å². The van der Waals surface area contributed by atoms with E-state index >= 15 is 0 Å². The van der Waals surface area contributed by atoms with E-state index in [1.165, 1.54) is 19.8 Å². The quantitative estimate of drug-likeness (QED) is 0.854. The van der Waals surface area contributed by atoms with Gasteiger partial charge in [-0.3, -0.25) is 9.59 Å². The van der Waals surface area contributed by atoms with Gasteiger partial charge in [0.15, 0.2) is 0 Å². The van der Waals surface area contributed by atoms with Crippen LogP contribution in [0.25, 0.3) is 0 Å². The van der Waals surface area contributed by atoms with Gasteiger partial charge < -0.3 is 9.80 Å². The van der Waals surface area contributed by atoms with E-state index in [4.69, 9.17) is 0 Å². The Morgan fingerprint density at radius 2 is 1.67 bits per heavy atom. The Hall–Kier alpha value is -1.84. The zero-order valence-electron chi connectivity index (χ0n) is 12.8. The van der Waals surface area contributed by atoms with Gasteiger partial charge in [0.1, 0.15) is 6.54 Å². The maximum absolute atomic E-state index is 12.4. The standard InChI is InChI=1S/C17H24N2O2/c1-15(20)19(13-16-9-5-4-6-10-16)14-17(21)18-11-7-2-3-8-12-18/h4-6,9-10H,2-3,7-8,11-14H2,1H3. The first kappa shape index (κ1) is 15.5. The first-order valence-electron chi connectivity index (χ1n) is 7.74. The summed E-state index contributed by atoms with van der Waals surface area (Å²) in [5.41, 5.74) is 1.05.